The molecule has 9 aromatic carbocycles. The lowest BCUT2D eigenvalue weighted by Gasteiger charge is -2.32. The highest BCUT2D eigenvalue weighted by Crippen LogP contribution is 2.38. The Labute approximate surface area is 632 Å². The molecule has 0 amide bonds. The number of fused-ring (bicyclic) bond motifs is 3. The summed E-state index contributed by atoms with van der Waals surface area (Å²) in [7, 11) is -0.372. The fourth-order valence-corrected chi connectivity index (χ4v) is 11.5. The Morgan fingerprint density at radius 1 is 0.505 bits per heavy atom. The summed E-state index contributed by atoms with van der Waals surface area (Å²) in [5.74, 6) is -2.28. The minimum absolute atomic E-state index is 0. The standard InChI is InChI=1S/C28H28N2O4.C24H19NO2.C23H27BO3.C7H4BrNO.C4H9NO3.CH4/c1-18-7-8-20(15-29-28(3,17-31)27(32)33)13-22(18)10-9-21-5-4-6-25(19(21)2)23-11-12-24-16-30-34-26(24)14-23;1-16-6-7-18(15-26)12-20(16)9-8-19-4-3-5-23(17(19)2)21-10-11-22-14-25-27-24(22)13-21;1-16-10-11-18(15-25)14-20(16)13-12-19-8-7-9-21(17(19)2)24-26-22(3,4)23(5,6)27-24;8-6-2-1-5-4-9-10-7(5)3-6;1-4(5,2-6)3(7)8;/h4-14,16,29,31H,15,17H2,1-3H3,(H,32,33);3-15H,1-2H3;7-15H,1-6H3;1-4H;6H,2,5H2,1H3,(H,7,8);1H4/b10-9+;9-8+;13-12+;;;/t28-;;;;4-;/m0...0./s1. The zero-order chi connectivity index (χ0) is 76.7. The molecule has 7 N–H and O–H groups in total. The molecule has 107 heavy (non-hydrogen) atoms. The van der Waals surface area contributed by atoms with E-state index in [2.05, 4.69) is 176 Å². The number of halogens is 1. The molecular weight excluding hydrogens is 1410 g/mol. The molecule has 20 heteroatoms. The zero-order valence-corrected chi connectivity index (χ0v) is 63.0. The average molecular weight is 1510 g/mol. The predicted molar refractivity (Wildman–Crippen MR) is 432 cm³/mol. The van der Waals surface area contributed by atoms with Crippen LogP contribution in [0.2, 0.25) is 0 Å². The number of carboxylic acid groups (broad SMARTS) is 2. The molecule has 0 spiro atoms. The number of carbonyl (C=O) groups is 4. The number of nitrogens with two attached hydrogens (primary N) is 1. The highest BCUT2D eigenvalue weighted by atomic mass is 79.9. The van der Waals surface area contributed by atoms with Crippen LogP contribution in [-0.4, -0.2) is 103 Å². The lowest BCUT2D eigenvalue weighted by Crippen LogP contribution is -2.52. The van der Waals surface area contributed by atoms with Crippen LogP contribution >= 0.6 is 15.9 Å². The number of hydrogen-bond donors (Lipinski definition) is 6. The third-order valence-corrected chi connectivity index (χ3v) is 19.7. The number of carboxylic acids is 2. The van der Waals surface area contributed by atoms with Crippen LogP contribution in [0.25, 0.3) is 91.6 Å². The number of aliphatic carboxylic acids is 2. The fourth-order valence-electron chi connectivity index (χ4n) is 11.2. The largest absolute Gasteiger partial charge is 0.495 e. The maximum atomic E-state index is 11.4. The van der Waals surface area contributed by atoms with Crippen LogP contribution in [-0.2, 0) is 25.4 Å². The normalized spacial score (nSPS) is 14.0. The molecule has 12 aromatic rings. The number of aldehydes is 2. The van der Waals surface area contributed by atoms with E-state index < -0.39 is 36.2 Å². The van der Waals surface area contributed by atoms with Crippen molar-refractivity contribution >= 4 is 122 Å². The Hall–Kier alpha value is -10.8. The molecule has 3 aromatic heterocycles. The summed E-state index contributed by atoms with van der Waals surface area (Å²) in [6.07, 6.45) is 19.4. The molecule has 18 nitrogen and oxygen atoms in total. The van der Waals surface area contributed by atoms with Gasteiger partial charge in [-0.3, -0.25) is 24.5 Å². The van der Waals surface area contributed by atoms with Gasteiger partial charge in [-0.2, -0.15) is 0 Å². The zero-order valence-electron chi connectivity index (χ0n) is 61.4. The first-order valence-electron chi connectivity index (χ1n) is 34.3. The van der Waals surface area contributed by atoms with E-state index in [0.29, 0.717) is 17.7 Å². The Morgan fingerprint density at radius 3 is 1.32 bits per heavy atom. The Bertz CT molecular complexity index is 5220. The van der Waals surface area contributed by atoms with Crippen LogP contribution < -0.4 is 16.5 Å². The number of aryl methyl sites for hydroxylation is 3. The van der Waals surface area contributed by atoms with Gasteiger partial charge in [0.15, 0.2) is 16.7 Å². The van der Waals surface area contributed by atoms with Crippen molar-refractivity contribution in [2.45, 2.75) is 119 Å². The van der Waals surface area contributed by atoms with Gasteiger partial charge in [0.1, 0.15) is 23.7 Å². The second kappa shape index (κ2) is 36.0. The number of aromatic nitrogens is 3. The highest BCUT2D eigenvalue weighted by Gasteiger charge is 2.52. The molecule has 1 fully saturated rings. The van der Waals surface area contributed by atoms with Crippen LogP contribution in [0.4, 0.5) is 0 Å². The first-order chi connectivity index (χ1) is 50.5. The van der Waals surface area contributed by atoms with Crippen LogP contribution in [0.5, 0.6) is 0 Å². The van der Waals surface area contributed by atoms with E-state index in [-0.39, 0.29) is 25.7 Å². The molecule has 13 rings (SSSR count). The third kappa shape index (κ3) is 20.4. The number of aliphatic hydroxyl groups excluding tert-OH is 2. The van der Waals surface area contributed by atoms with E-state index in [0.717, 1.165) is 144 Å². The summed E-state index contributed by atoms with van der Waals surface area (Å²) in [6.45, 7) is 22.7. The molecular formula is C87H91BBrN5O13. The highest BCUT2D eigenvalue weighted by molar-refractivity contribution is 9.10. The van der Waals surface area contributed by atoms with Gasteiger partial charge in [0.25, 0.3) is 0 Å². The third-order valence-electron chi connectivity index (χ3n) is 19.2. The SMILES string of the molecule is Brc1ccc2cnoc2c1.C.C[C@](N)(CO)C(=O)O.Cc1ccc(C=O)cc1/C=C/c1cccc(-c2ccc3cnoc3c2)c1C.Cc1ccc(C=O)cc1/C=C/c1cccc(B2OC(C)(C)C(C)(C)O2)c1C.Cc1ccc(CN[C@@](C)(CO)C(=O)O)cc1/C=C/c1cccc(-c2ccc3cnoc3c2)c1C. The van der Waals surface area contributed by atoms with E-state index in [4.69, 9.17) is 38.8 Å². The molecule has 0 radical (unpaired) electrons. The average Bonchev–Trinajstić information content (AvgIpc) is 1.64. The van der Waals surface area contributed by atoms with Gasteiger partial charge in [0.2, 0.25) is 0 Å². The molecule has 552 valence electrons. The molecule has 1 aliphatic rings. The molecule has 1 aliphatic heterocycles. The van der Waals surface area contributed by atoms with Gasteiger partial charge < -0.3 is 49.0 Å². The number of rotatable bonds is 18. The number of hydrogen-bond acceptors (Lipinski definition) is 16. The minimum Gasteiger partial charge on any atom is -0.480 e. The number of benzene rings is 9. The number of nitrogens with zero attached hydrogens (tertiary/aromatic N) is 3. The fraction of sp³-hybridized carbons (Fsp3) is 0.230. The van der Waals surface area contributed by atoms with Gasteiger partial charge in [0.05, 0.1) is 43.0 Å². The summed E-state index contributed by atoms with van der Waals surface area (Å²) in [5.41, 5.74) is 25.0. The van der Waals surface area contributed by atoms with Gasteiger partial charge >= 0.3 is 19.1 Å². The van der Waals surface area contributed by atoms with Crippen LogP contribution in [0.1, 0.15) is 142 Å². The van der Waals surface area contributed by atoms with Crippen molar-refractivity contribution in [2.75, 3.05) is 13.2 Å². The molecule has 0 saturated carbocycles. The maximum Gasteiger partial charge on any atom is 0.495 e. The van der Waals surface area contributed by atoms with Gasteiger partial charge in [-0.1, -0.05) is 184 Å². The lowest BCUT2D eigenvalue weighted by molar-refractivity contribution is -0.146. The monoisotopic (exact) mass is 1500 g/mol. The molecule has 4 heterocycles. The van der Waals surface area contributed by atoms with Crippen molar-refractivity contribution in [1.29, 1.82) is 0 Å². The topological polar surface area (TPSA) is 284 Å². The maximum absolute atomic E-state index is 11.4. The predicted octanol–water partition coefficient (Wildman–Crippen LogP) is 17.9. The van der Waals surface area contributed by atoms with Crippen molar-refractivity contribution in [3.8, 4) is 22.3 Å². The van der Waals surface area contributed by atoms with E-state index in [1.54, 1.807) is 18.6 Å². The molecule has 0 bridgehead atoms. The summed E-state index contributed by atoms with van der Waals surface area (Å²) in [5, 5.41) is 52.5. The van der Waals surface area contributed by atoms with E-state index in [1.165, 1.54) is 19.4 Å². The smallest absolute Gasteiger partial charge is 0.480 e. The van der Waals surface area contributed by atoms with E-state index >= 15 is 0 Å². The lowest BCUT2D eigenvalue weighted by atomic mass is 9.75. The van der Waals surface area contributed by atoms with Gasteiger partial charge in [-0.25, -0.2) is 0 Å². The molecule has 0 unspecified atom stereocenters. The van der Waals surface area contributed by atoms with Crippen molar-refractivity contribution < 1.29 is 62.5 Å². The first-order valence-corrected chi connectivity index (χ1v) is 35.1. The molecule has 0 aliphatic carbocycles. The Balaban J connectivity index is 0.000000181. The van der Waals surface area contributed by atoms with Crippen molar-refractivity contribution in [2.24, 2.45) is 5.73 Å². The second-order valence-electron chi connectivity index (χ2n) is 27.5. The molecule has 2 atom stereocenters. The van der Waals surface area contributed by atoms with E-state index in [9.17, 15) is 29.4 Å². The summed E-state index contributed by atoms with van der Waals surface area (Å²) >= 11 is 3.33. The van der Waals surface area contributed by atoms with Crippen LogP contribution in [0.3, 0.4) is 0 Å². The Kier molecular flexibility index (Phi) is 27.5. The van der Waals surface area contributed by atoms with E-state index in [1.807, 2.05) is 130 Å². The summed E-state index contributed by atoms with van der Waals surface area (Å²) < 4.78 is 29.0. The van der Waals surface area contributed by atoms with Crippen molar-refractivity contribution in [3.05, 3.63) is 270 Å². The first kappa shape index (κ1) is 81.9. The van der Waals surface area contributed by atoms with Crippen molar-refractivity contribution in [3.63, 3.8) is 0 Å². The Morgan fingerprint density at radius 2 is 0.907 bits per heavy atom. The van der Waals surface area contributed by atoms with Crippen LogP contribution in [0.15, 0.2) is 200 Å². The second-order valence-corrected chi connectivity index (χ2v) is 28.5. The van der Waals surface area contributed by atoms with Crippen molar-refractivity contribution in [1.82, 2.24) is 20.8 Å². The van der Waals surface area contributed by atoms with Gasteiger partial charge in [0, 0.05) is 38.3 Å². The number of carbonyl (C=O) groups excluding carboxylic acids is 2. The quantitative estimate of drug-likeness (QED) is 0.0264. The summed E-state index contributed by atoms with van der Waals surface area (Å²) in [6, 6.07) is 54.2. The number of nitrogens with one attached hydrogen (secondary N) is 1. The number of aliphatic hydroxyl groups is 2. The summed E-state index contributed by atoms with van der Waals surface area (Å²) in [4.78, 5) is 43.5. The molecule has 1 saturated heterocycles. The van der Waals surface area contributed by atoms with Crippen LogP contribution in [0, 0.1) is 41.5 Å². The minimum atomic E-state index is -1.49. The van der Waals surface area contributed by atoms with Gasteiger partial charge in [-0.05, 0) is 238 Å². The van der Waals surface area contributed by atoms with Gasteiger partial charge in [-0.15, -0.1) is 0 Å².